The number of morpholine rings is 1. The molecule has 5 heteroatoms. The summed E-state index contributed by atoms with van der Waals surface area (Å²) in [4.78, 5) is 26.4. The maximum atomic E-state index is 12.5. The van der Waals surface area contributed by atoms with Gasteiger partial charge in [-0.3, -0.25) is 14.5 Å². The molecule has 2 N–H and O–H groups in total. The molecular weight excluding hydrogens is 244 g/mol. The molecule has 106 valence electrons. The first-order chi connectivity index (χ1) is 9.07. The normalized spacial score (nSPS) is 42.8. The fraction of sp³-hybridized carbons (Fsp3) is 0.857. The SMILES string of the molecule is CC1CCC(CN)(N2C(=O)C3CCC(O3)C2=O)CC1. The van der Waals surface area contributed by atoms with Gasteiger partial charge < -0.3 is 10.5 Å². The lowest BCUT2D eigenvalue weighted by molar-refractivity contribution is -0.178. The van der Waals surface area contributed by atoms with Gasteiger partial charge in [0.2, 0.25) is 0 Å². The van der Waals surface area contributed by atoms with Crippen LogP contribution in [0.4, 0.5) is 0 Å². The Bertz CT molecular complexity index is 379. The summed E-state index contributed by atoms with van der Waals surface area (Å²) in [6.07, 6.45) is 4.25. The van der Waals surface area contributed by atoms with Gasteiger partial charge in [-0.2, -0.15) is 0 Å². The quantitative estimate of drug-likeness (QED) is 0.751. The van der Waals surface area contributed by atoms with Gasteiger partial charge in [0.25, 0.3) is 11.8 Å². The standard InChI is InChI=1S/C14H22N2O3/c1-9-4-6-14(8-15,7-5-9)16-12(17)10-2-3-11(19-10)13(16)18/h9-11H,2-8,15H2,1H3. The maximum absolute atomic E-state index is 12.5. The van der Waals surface area contributed by atoms with Crippen molar-refractivity contribution < 1.29 is 14.3 Å². The number of carbonyl (C=O) groups excluding carboxylic acids is 2. The Kier molecular flexibility index (Phi) is 3.14. The molecule has 2 unspecified atom stereocenters. The van der Waals surface area contributed by atoms with Gasteiger partial charge in [0.05, 0.1) is 5.54 Å². The van der Waals surface area contributed by atoms with Crippen molar-refractivity contribution in [3.8, 4) is 0 Å². The summed E-state index contributed by atoms with van der Waals surface area (Å²) in [6, 6.07) is 0. The lowest BCUT2D eigenvalue weighted by atomic mass is 9.75. The number of hydrogen-bond donors (Lipinski definition) is 1. The third-order valence-electron chi connectivity index (χ3n) is 5.07. The highest BCUT2D eigenvalue weighted by molar-refractivity contribution is 6.03. The van der Waals surface area contributed by atoms with Crippen LogP contribution < -0.4 is 5.73 Å². The molecule has 0 aromatic carbocycles. The molecule has 5 nitrogen and oxygen atoms in total. The maximum Gasteiger partial charge on any atom is 0.258 e. The third-order valence-corrected chi connectivity index (χ3v) is 5.07. The molecule has 2 amide bonds. The van der Waals surface area contributed by atoms with Crippen molar-refractivity contribution in [2.24, 2.45) is 11.7 Å². The number of likely N-dealkylation sites (tertiary alicyclic amines) is 1. The third kappa shape index (κ3) is 1.91. The van der Waals surface area contributed by atoms with E-state index in [0.29, 0.717) is 25.3 Å². The molecule has 0 radical (unpaired) electrons. The van der Waals surface area contributed by atoms with Crippen LogP contribution in [0.2, 0.25) is 0 Å². The van der Waals surface area contributed by atoms with E-state index in [1.54, 1.807) is 0 Å². The van der Waals surface area contributed by atoms with Gasteiger partial charge in [0.15, 0.2) is 0 Å². The van der Waals surface area contributed by atoms with Crippen LogP contribution >= 0.6 is 0 Å². The zero-order valence-electron chi connectivity index (χ0n) is 11.4. The van der Waals surface area contributed by atoms with Gasteiger partial charge in [-0.05, 0) is 44.4 Å². The van der Waals surface area contributed by atoms with E-state index in [2.05, 4.69) is 6.92 Å². The Morgan fingerprint density at radius 3 is 2.16 bits per heavy atom. The van der Waals surface area contributed by atoms with Crippen molar-refractivity contribution in [1.29, 1.82) is 0 Å². The summed E-state index contributed by atoms with van der Waals surface area (Å²) in [5.41, 5.74) is 5.51. The lowest BCUT2D eigenvalue weighted by Crippen LogP contribution is -2.65. The van der Waals surface area contributed by atoms with Crippen molar-refractivity contribution in [2.45, 2.75) is 63.2 Å². The fourth-order valence-corrected chi connectivity index (χ4v) is 3.68. The monoisotopic (exact) mass is 266 g/mol. The Morgan fingerprint density at radius 1 is 1.16 bits per heavy atom. The van der Waals surface area contributed by atoms with E-state index in [1.807, 2.05) is 0 Å². The van der Waals surface area contributed by atoms with Gasteiger partial charge in [-0.15, -0.1) is 0 Å². The molecule has 3 rings (SSSR count). The first-order valence-electron chi connectivity index (χ1n) is 7.31. The zero-order valence-corrected chi connectivity index (χ0v) is 11.4. The second-order valence-corrected chi connectivity index (χ2v) is 6.31. The summed E-state index contributed by atoms with van der Waals surface area (Å²) in [5, 5.41) is 0. The molecule has 0 aromatic heterocycles. The van der Waals surface area contributed by atoms with Crippen molar-refractivity contribution in [3.05, 3.63) is 0 Å². The predicted molar refractivity (Wildman–Crippen MR) is 69.2 cm³/mol. The van der Waals surface area contributed by atoms with E-state index < -0.39 is 17.7 Å². The van der Waals surface area contributed by atoms with Crippen LogP contribution in [-0.2, 0) is 14.3 Å². The topological polar surface area (TPSA) is 72.6 Å². The second-order valence-electron chi connectivity index (χ2n) is 6.31. The average Bonchev–Trinajstić information content (AvgIpc) is 2.86. The van der Waals surface area contributed by atoms with E-state index >= 15 is 0 Å². The number of imide groups is 1. The lowest BCUT2D eigenvalue weighted by Gasteiger charge is -2.48. The predicted octanol–water partition coefficient (Wildman–Crippen LogP) is 0.810. The fourth-order valence-electron chi connectivity index (χ4n) is 3.68. The highest BCUT2D eigenvalue weighted by Gasteiger charge is 2.54. The van der Waals surface area contributed by atoms with Gasteiger partial charge in [-0.25, -0.2) is 0 Å². The number of rotatable bonds is 2. The smallest absolute Gasteiger partial charge is 0.258 e. The molecule has 2 saturated heterocycles. The van der Waals surface area contributed by atoms with Crippen LogP contribution in [0.25, 0.3) is 0 Å². The molecular formula is C14H22N2O3. The van der Waals surface area contributed by atoms with E-state index in [4.69, 9.17) is 10.5 Å². The minimum atomic E-state index is -0.453. The highest BCUT2D eigenvalue weighted by Crippen LogP contribution is 2.40. The number of hydrogen-bond acceptors (Lipinski definition) is 4. The number of nitrogens with two attached hydrogens (primary N) is 1. The average molecular weight is 266 g/mol. The van der Waals surface area contributed by atoms with Crippen LogP contribution in [0.5, 0.6) is 0 Å². The van der Waals surface area contributed by atoms with E-state index in [9.17, 15) is 9.59 Å². The van der Waals surface area contributed by atoms with Crippen LogP contribution in [0.3, 0.4) is 0 Å². The molecule has 1 aliphatic carbocycles. The molecule has 2 aliphatic heterocycles. The van der Waals surface area contributed by atoms with E-state index in [-0.39, 0.29) is 11.8 Å². The number of amides is 2. The molecule has 0 spiro atoms. The summed E-state index contributed by atoms with van der Waals surface area (Å²) < 4.78 is 5.47. The summed E-state index contributed by atoms with van der Waals surface area (Å²) in [6.45, 7) is 2.59. The summed E-state index contributed by atoms with van der Waals surface area (Å²) in [7, 11) is 0. The van der Waals surface area contributed by atoms with Crippen molar-refractivity contribution in [1.82, 2.24) is 4.90 Å². The van der Waals surface area contributed by atoms with Crippen molar-refractivity contribution in [3.63, 3.8) is 0 Å². The minimum Gasteiger partial charge on any atom is -0.355 e. The molecule has 1 saturated carbocycles. The van der Waals surface area contributed by atoms with Crippen molar-refractivity contribution in [2.75, 3.05) is 6.54 Å². The molecule has 3 aliphatic rings. The van der Waals surface area contributed by atoms with Crippen molar-refractivity contribution >= 4 is 11.8 Å². The first-order valence-corrected chi connectivity index (χ1v) is 7.31. The molecule has 19 heavy (non-hydrogen) atoms. The zero-order chi connectivity index (χ0) is 13.6. The number of carbonyl (C=O) groups is 2. The van der Waals surface area contributed by atoms with Crippen LogP contribution in [0.1, 0.15) is 45.4 Å². The minimum absolute atomic E-state index is 0.154. The largest absolute Gasteiger partial charge is 0.355 e. The number of ether oxygens (including phenoxy) is 1. The molecule has 3 fully saturated rings. The van der Waals surface area contributed by atoms with Crippen LogP contribution in [0, 0.1) is 5.92 Å². The van der Waals surface area contributed by atoms with E-state index in [0.717, 1.165) is 25.7 Å². The Balaban J connectivity index is 1.90. The molecule has 2 bridgehead atoms. The van der Waals surface area contributed by atoms with Gasteiger partial charge in [-0.1, -0.05) is 6.92 Å². The highest BCUT2D eigenvalue weighted by atomic mass is 16.5. The molecule has 0 aromatic rings. The Morgan fingerprint density at radius 2 is 1.68 bits per heavy atom. The second kappa shape index (κ2) is 4.56. The molecule has 2 atom stereocenters. The number of fused-ring (bicyclic) bond motifs is 2. The Labute approximate surface area is 113 Å². The number of nitrogens with zero attached hydrogens (tertiary/aromatic N) is 1. The van der Waals surface area contributed by atoms with Gasteiger partial charge >= 0.3 is 0 Å². The summed E-state index contributed by atoms with van der Waals surface area (Å²) >= 11 is 0. The van der Waals surface area contributed by atoms with Crippen LogP contribution in [-0.4, -0.2) is 41.0 Å². The summed E-state index contributed by atoms with van der Waals surface area (Å²) in [5.74, 6) is 0.347. The Hall–Kier alpha value is -0.940. The van der Waals surface area contributed by atoms with Gasteiger partial charge in [0, 0.05) is 6.54 Å². The first kappa shape index (κ1) is 13.1. The molecule has 2 heterocycles. The van der Waals surface area contributed by atoms with E-state index in [1.165, 1.54) is 4.90 Å². The van der Waals surface area contributed by atoms with Crippen LogP contribution in [0.15, 0.2) is 0 Å². The van der Waals surface area contributed by atoms with Gasteiger partial charge in [0.1, 0.15) is 12.2 Å².